The van der Waals surface area contributed by atoms with E-state index in [-0.39, 0.29) is 0 Å². The topological polar surface area (TPSA) is 21.3 Å². The molecule has 0 aromatic heterocycles. The molecule has 1 aromatic carbocycles. The molecule has 1 unspecified atom stereocenters. The van der Waals surface area contributed by atoms with Crippen molar-refractivity contribution in [2.24, 2.45) is 0 Å². The van der Waals surface area contributed by atoms with E-state index in [9.17, 15) is 0 Å². The molecule has 0 radical (unpaired) electrons. The molecule has 1 atom stereocenters. The Kier molecular flexibility index (Phi) is 7.51. The van der Waals surface area contributed by atoms with Gasteiger partial charge in [-0.2, -0.15) is 0 Å². The fraction of sp³-hybridized carbons (Fsp3) is 0.625. The molecule has 1 aromatic rings. The lowest BCUT2D eigenvalue weighted by Gasteiger charge is -2.12. The van der Waals surface area contributed by atoms with Crippen LogP contribution in [0.3, 0.4) is 0 Å². The van der Waals surface area contributed by atoms with E-state index >= 15 is 0 Å². The molecule has 0 saturated heterocycles. The molecule has 0 aliphatic carbocycles. The fourth-order valence-electron chi connectivity index (χ4n) is 1.72. The smallest absolute Gasteiger partial charge is 0.119 e. The summed E-state index contributed by atoms with van der Waals surface area (Å²) < 4.78 is 5.75. The maximum absolute atomic E-state index is 5.75. The minimum atomic E-state index is 0.569. The highest BCUT2D eigenvalue weighted by Crippen LogP contribution is 2.14. The highest BCUT2D eigenvalue weighted by atomic mass is 16.5. The summed E-state index contributed by atoms with van der Waals surface area (Å²) in [7, 11) is 0. The van der Waals surface area contributed by atoms with Gasteiger partial charge in [-0.05, 0) is 37.5 Å². The summed E-state index contributed by atoms with van der Waals surface area (Å²) in [6, 6.07) is 8.97. The molecule has 18 heavy (non-hydrogen) atoms. The van der Waals surface area contributed by atoms with Gasteiger partial charge in [-0.1, -0.05) is 38.8 Å². The van der Waals surface area contributed by atoms with Crippen LogP contribution in [0.1, 0.15) is 52.0 Å². The number of ether oxygens (including phenoxy) is 1. The third kappa shape index (κ3) is 6.06. The third-order valence-electron chi connectivity index (χ3n) is 3.18. The molecular weight excluding hydrogens is 222 g/mol. The summed E-state index contributed by atoms with van der Waals surface area (Å²) in [6.07, 6.45) is 4.79. The van der Waals surface area contributed by atoms with Crippen LogP contribution >= 0.6 is 0 Å². The second-order valence-electron chi connectivity index (χ2n) is 4.89. The highest BCUT2D eigenvalue weighted by molar-refractivity contribution is 5.28. The lowest BCUT2D eigenvalue weighted by atomic mass is 10.2. The number of benzene rings is 1. The minimum Gasteiger partial charge on any atom is -0.494 e. The van der Waals surface area contributed by atoms with E-state index in [4.69, 9.17) is 4.74 Å². The monoisotopic (exact) mass is 249 g/mol. The first-order valence-electron chi connectivity index (χ1n) is 7.21. The number of rotatable bonds is 9. The summed E-state index contributed by atoms with van der Waals surface area (Å²) in [5.74, 6) is 0.995. The predicted octanol–water partition coefficient (Wildman–Crippen LogP) is 4.14. The fourth-order valence-corrected chi connectivity index (χ4v) is 1.72. The molecule has 0 bridgehead atoms. The quantitative estimate of drug-likeness (QED) is 0.664. The van der Waals surface area contributed by atoms with Crippen molar-refractivity contribution in [1.29, 1.82) is 0 Å². The Morgan fingerprint density at radius 3 is 2.78 bits per heavy atom. The van der Waals surface area contributed by atoms with Crippen LogP contribution in [-0.4, -0.2) is 12.6 Å². The van der Waals surface area contributed by atoms with Gasteiger partial charge in [-0.3, -0.25) is 0 Å². The van der Waals surface area contributed by atoms with Crippen LogP contribution < -0.4 is 10.1 Å². The van der Waals surface area contributed by atoms with Crippen molar-refractivity contribution < 1.29 is 4.74 Å². The zero-order chi connectivity index (χ0) is 13.2. The Hall–Kier alpha value is -1.02. The second-order valence-corrected chi connectivity index (χ2v) is 4.89. The Labute approximate surface area is 112 Å². The summed E-state index contributed by atoms with van der Waals surface area (Å²) >= 11 is 0. The average Bonchev–Trinajstić information content (AvgIpc) is 2.41. The van der Waals surface area contributed by atoms with Crippen LogP contribution in [0.5, 0.6) is 5.75 Å². The van der Waals surface area contributed by atoms with Crippen LogP contribution in [-0.2, 0) is 6.54 Å². The zero-order valence-electron chi connectivity index (χ0n) is 12.0. The Morgan fingerprint density at radius 2 is 2.06 bits per heavy atom. The molecule has 0 amide bonds. The first-order valence-corrected chi connectivity index (χ1v) is 7.21. The highest BCUT2D eigenvalue weighted by Gasteiger charge is 2.00. The van der Waals surface area contributed by atoms with Crippen LogP contribution in [0, 0.1) is 0 Å². The SMILES string of the molecule is CCCCCOc1cccc(CNC(C)CC)c1. The molecule has 0 spiro atoms. The largest absolute Gasteiger partial charge is 0.494 e. The molecule has 0 fully saturated rings. The summed E-state index contributed by atoms with van der Waals surface area (Å²) in [4.78, 5) is 0. The van der Waals surface area contributed by atoms with Gasteiger partial charge >= 0.3 is 0 Å². The van der Waals surface area contributed by atoms with Gasteiger partial charge < -0.3 is 10.1 Å². The molecule has 1 N–H and O–H groups in total. The van der Waals surface area contributed by atoms with Crippen LogP contribution in [0.2, 0.25) is 0 Å². The van der Waals surface area contributed by atoms with E-state index in [2.05, 4.69) is 44.3 Å². The van der Waals surface area contributed by atoms with Gasteiger partial charge in [0.15, 0.2) is 0 Å². The van der Waals surface area contributed by atoms with Crippen molar-refractivity contribution in [3.8, 4) is 5.75 Å². The predicted molar refractivity (Wildman–Crippen MR) is 78.1 cm³/mol. The zero-order valence-corrected chi connectivity index (χ0v) is 12.0. The van der Waals surface area contributed by atoms with Crippen LogP contribution in [0.15, 0.2) is 24.3 Å². The second kappa shape index (κ2) is 8.98. The van der Waals surface area contributed by atoms with Crippen molar-refractivity contribution in [2.75, 3.05) is 6.61 Å². The van der Waals surface area contributed by atoms with E-state index in [0.29, 0.717) is 6.04 Å². The normalized spacial score (nSPS) is 12.4. The first kappa shape index (κ1) is 15.0. The first-order chi connectivity index (χ1) is 8.76. The van der Waals surface area contributed by atoms with Gasteiger partial charge in [-0.25, -0.2) is 0 Å². The average molecular weight is 249 g/mol. The molecule has 0 heterocycles. The standard InChI is InChI=1S/C16H27NO/c1-4-6-7-11-18-16-10-8-9-15(12-16)13-17-14(3)5-2/h8-10,12,14,17H,4-7,11,13H2,1-3H3. The third-order valence-corrected chi connectivity index (χ3v) is 3.18. The van der Waals surface area contributed by atoms with Crippen molar-refractivity contribution in [3.05, 3.63) is 29.8 Å². The molecule has 2 nitrogen and oxygen atoms in total. The number of hydrogen-bond acceptors (Lipinski definition) is 2. The van der Waals surface area contributed by atoms with E-state index in [1.807, 2.05) is 6.07 Å². The molecule has 1 rings (SSSR count). The van der Waals surface area contributed by atoms with Crippen molar-refractivity contribution in [3.63, 3.8) is 0 Å². The lowest BCUT2D eigenvalue weighted by molar-refractivity contribution is 0.306. The Bertz CT molecular complexity index is 325. The summed E-state index contributed by atoms with van der Waals surface area (Å²) in [5.41, 5.74) is 1.29. The van der Waals surface area contributed by atoms with Gasteiger partial charge in [0.25, 0.3) is 0 Å². The number of unbranched alkanes of at least 4 members (excludes halogenated alkanes) is 2. The molecular formula is C16H27NO. The molecule has 102 valence electrons. The Balaban J connectivity index is 2.36. The summed E-state index contributed by atoms with van der Waals surface area (Å²) in [5, 5.41) is 3.50. The maximum Gasteiger partial charge on any atom is 0.119 e. The minimum absolute atomic E-state index is 0.569. The van der Waals surface area contributed by atoms with Crippen molar-refractivity contribution in [2.45, 2.75) is 59.0 Å². The van der Waals surface area contributed by atoms with Gasteiger partial charge in [0.2, 0.25) is 0 Å². The summed E-state index contributed by atoms with van der Waals surface area (Å²) in [6.45, 7) is 8.37. The lowest BCUT2D eigenvalue weighted by Crippen LogP contribution is -2.24. The molecule has 2 heteroatoms. The molecule has 0 saturated carbocycles. The number of nitrogens with one attached hydrogen (secondary N) is 1. The van der Waals surface area contributed by atoms with Gasteiger partial charge in [-0.15, -0.1) is 0 Å². The van der Waals surface area contributed by atoms with E-state index in [1.165, 1.54) is 18.4 Å². The molecule has 0 aliphatic heterocycles. The Morgan fingerprint density at radius 1 is 1.22 bits per heavy atom. The molecule has 0 aliphatic rings. The van der Waals surface area contributed by atoms with Gasteiger partial charge in [0, 0.05) is 12.6 Å². The maximum atomic E-state index is 5.75. The van der Waals surface area contributed by atoms with Crippen molar-refractivity contribution >= 4 is 0 Å². The van der Waals surface area contributed by atoms with E-state index in [1.54, 1.807) is 0 Å². The van der Waals surface area contributed by atoms with Crippen LogP contribution in [0.4, 0.5) is 0 Å². The van der Waals surface area contributed by atoms with Gasteiger partial charge in [0.05, 0.1) is 6.61 Å². The van der Waals surface area contributed by atoms with Gasteiger partial charge in [0.1, 0.15) is 5.75 Å². The number of hydrogen-bond donors (Lipinski definition) is 1. The van der Waals surface area contributed by atoms with Crippen molar-refractivity contribution in [1.82, 2.24) is 5.32 Å². The van der Waals surface area contributed by atoms with E-state index in [0.717, 1.165) is 31.7 Å². The van der Waals surface area contributed by atoms with Crippen LogP contribution in [0.25, 0.3) is 0 Å². The van der Waals surface area contributed by atoms with E-state index < -0.39 is 0 Å².